The number of hydrogen-bond donors (Lipinski definition) is 2. The van der Waals surface area contributed by atoms with Gasteiger partial charge >= 0.3 is 0 Å². The van der Waals surface area contributed by atoms with Gasteiger partial charge in [-0.15, -0.1) is 11.3 Å². The molecule has 0 aromatic carbocycles. The van der Waals surface area contributed by atoms with Crippen LogP contribution in [0.15, 0.2) is 5.38 Å². The van der Waals surface area contributed by atoms with Crippen LogP contribution in [0.2, 0.25) is 0 Å². The lowest BCUT2D eigenvalue weighted by molar-refractivity contribution is 0.0622. The summed E-state index contributed by atoms with van der Waals surface area (Å²) in [5, 5.41) is 4.95. The molecule has 2 rings (SSSR count). The minimum atomic E-state index is -0.168. The van der Waals surface area contributed by atoms with Gasteiger partial charge in [-0.1, -0.05) is 0 Å². The highest BCUT2D eigenvalue weighted by atomic mass is 32.1. The maximum atomic E-state index is 11.6. The quantitative estimate of drug-likeness (QED) is 0.777. The average molecular weight is 227 g/mol. The first kappa shape index (κ1) is 10.4. The Kier molecular flexibility index (Phi) is 3.17. The Morgan fingerprint density at radius 3 is 3.20 bits per heavy atom. The summed E-state index contributed by atoms with van der Waals surface area (Å²) in [6.45, 7) is 1.38. The molecule has 1 aromatic rings. The number of carbonyl (C=O) groups is 1. The zero-order valence-electron chi connectivity index (χ0n) is 8.23. The third-order valence-corrected chi connectivity index (χ3v) is 2.92. The van der Waals surface area contributed by atoms with Crippen LogP contribution in [0.4, 0.5) is 5.13 Å². The van der Waals surface area contributed by atoms with Crippen LogP contribution >= 0.6 is 11.3 Å². The van der Waals surface area contributed by atoms with E-state index in [1.54, 1.807) is 5.38 Å². The van der Waals surface area contributed by atoms with Crippen LogP contribution in [-0.4, -0.2) is 30.1 Å². The van der Waals surface area contributed by atoms with Gasteiger partial charge in [0.05, 0.1) is 12.6 Å². The molecular formula is C9H13N3O2S. The second kappa shape index (κ2) is 4.59. The Hall–Kier alpha value is -1.14. The van der Waals surface area contributed by atoms with Crippen molar-refractivity contribution in [1.82, 2.24) is 10.3 Å². The van der Waals surface area contributed by atoms with Crippen LogP contribution in [0.25, 0.3) is 0 Å². The van der Waals surface area contributed by atoms with Gasteiger partial charge in [-0.2, -0.15) is 0 Å². The normalized spacial score (nSPS) is 21.2. The smallest absolute Gasteiger partial charge is 0.271 e. The molecule has 0 spiro atoms. The van der Waals surface area contributed by atoms with Crippen molar-refractivity contribution in [1.29, 1.82) is 0 Å². The van der Waals surface area contributed by atoms with Crippen molar-refractivity contribution in [3.05, 3.63) is 11.1 Å². The number of ether oxygens (including phenoxy) is 1. The van der Waals surface area contributed by atoms with Crippen molar-refractivity contribution in [3.8, 4) is 0 Å². The van der Waals surface area contributed by atoms with Gasteiger partial charge in [-0.25, -0.2) is 4.98 Å². The monoisotopic (exact) mass is 227 g/mol. The number of nitrogens with one attached hydrogen (secondary N) is 1. The zero-order chi connectivity index (χ0) is 10.7. The first-order valence-corrected chi connectivity index (χ1v) is 5.73. The van der Waals surface area contributed by atoms with Gasteiger partial charge < -0.3 is 15.8 Å². The second-order valence-electron chi connectivity index (χ2n) is 3.46. The first-order chi connectivity index (χ1) is 7.25. The van der Waals surface area contributed by atoms with Crippen molar-refractivity contribution >= 4 is 22.4 Å². The number of nitrogen functional groups attached to an aromatic ring is 1. The molecule has 82 valence electrons. The number of nitrogens with zero attached hydrogens (tertiary/aromatic N) is 1. The summed E-state index contributed by atoms with van der Waals surface area (Å²) in [7, 11) is 0. The molecule has 3 N–H and O–H groups in total. The van der Waals surface area contributed by atoms with E-state index in [0.717, 1.165) is 19.4 Å². The van der Waals surface area contributed by atoms with Gasteiger partial charge in [0, 0.05) is 12.0 Å². The predicted octanol–water partition coefficient (Wildman–Crippen LogP) is 0.634. The minimum Gasteiger partial charge on any atom is -0.379 e. The molecule has 1 atom stereocenters. The van der Waals surface area contributed by atoms with Gasteiger partial charge in [-0.3, -0.25) is 4.79 Å². The molecule has 1 aliphatic rings. The summed E-state index contributed by atoms with van der Waals surface area (Å²) in [4.78, 5) is 15.6. The van der Waals surface area contributed by atoms with Crippen molar-refractivity contribution in [2.75, 3.05) is 18.9 Å². The van der Waals surface area contributed by atoms with Gasteiger partial charge in [-0.05, 0) is 12.8 Å². The lowest BCUT2D eigenvalue weighted by Crippen LogP contribution is -2.40. The van der Waals surface area contributed by atoms with E-state index in [2.05, 4.69) is 10.3 Å². The maximum absolute atomic E-state index is 11.6. The molecule has 1 unspecified atom stereocenters. The number of thiazole rings is 1. The fraction of sp³-hybridized carbons (Fsp3) is 0.556. The molecule has 0 bridgehead atoms. The van der Waals surface area contributed by atoms with Gasteiger partial charge in [0.2, 0.25) is 0 Å². The van der Waals surface area contributed by atoms with Crippen LogP contribution in [0.3, 0.4) is 0 Å². The van der Waals surface area contributed by atoms with Gasteiger partial charge in [0.1, 0.15) is 5.69 Å². The Bertz CT molecular complexity index is 347. The lowest BCUT2D eigenvalue weighted by atomic mass is 10.1. The topological polar surface area (TPSA) is 77.2 Å². The molecule has 1 aliphatic heterocycles. The third kappa shape index (κ3) is 2.66. The van der Waals surface area contributed by atoms with Crippen molar-refractivity contribution in [2.24, 2.45) is 0 Å². The van der Waals surface area contributed by atoms with E-state index in [0.29, 0.717) is 17.4 Å². The standard InChI is InChI=1S/C9H13N3O2S/c10-9-12-7(5-15-9)8(13)11-6-2-1-3-14-4-6/h5-6H,1-4H2,(H2,10,12)(H,11,13). The lowest BCUT2D eigenvalue weighted by Gasteiger charge is -2.22. The number of hydrogen-bond acceptors (Lipinski definition) is 5. The molecular weight excluding hydrogens is 214 g/mol. The number of amides is 1. The Balaban J connectivity index is 1.91. The molecule has 1 aromatic heterocycles. The number of aromatic nitrogens is 1. The van der Waals surface area contributed by atoms with Crippen molar-refractivity contribution in [2.45, 2.75) is 18.9 Å². The van der Waals surface area contributed by atoms with E-state index in [1.165, 1.54) is 11.3 Å². The highest BCUT2D eigenvalue weighted by Crippen LogP contribution is 2.12. The molecule has 1 amide bonds. The zero-order valence-corrected chi connectivity index (χ0v) is 9.05. The maximum Gasteiger partial charge on any atom is 0.271 e. The Labute approximate surface area is 91.6 Å². The second-order valence-corrected chi connectivity index (χ2v) is 4.35. The molecule has 0 aliphatic carbocycles. The van der Waals surface area contributed by atoms with E-state index in [1.807, 2.05) is 0 Å². The Morgan fingerprint density at radius 1 is 1.73 bits per heavy atom. The minimum absolute atomic E-state index is 0.106. The summed E-state index contributed by atoms with van der Waals surface area (Å²) in [5.74, 6) is -0.168. The van der Waals surface area contributed by atoms with E-state index in [4.69, 9.17) is 10.5 Å². The molecule has 6 heteroatoms. The van der Waals surface area contributed by atoms with Crippen LogP contribution < -0.4 is 11.1 Å². The number of anilines is 1. The largest absolute Gasteiger partial charge is 0.379 e. The highest BCUT2D eigenvalue weighted by molar-refractivity contribution is 7.13. The molecule has 2 heterocycles. The summed E-state index contributed by atoms with van der Waals surface area (Å²) in [6, 6.07) is 0.106. The molecule has 1 saturated heterocycles. The molecule has 0 radical (unpaired) electrons. The van der Waals surface area contributed by atoms with Crippen LogP contribution in [0.1, 0.15) is 23.3 Å². The molecule has 1 fully saturated rings. The highest BCUT2D eigenvalue weighted by Gasteiger charge is 2.18. The molecule has 5 nitrogen and oxygen atoms in total. The number of carbonyl (C=O) groups excluding carboxylic acids is 1. The van der Waals surface area contributed by atoms with E-state index in [9.17, 15) is 4.79 Å². The summed E-state index contributed by atoms with van der Waals surface area (Å²) < 4.78 is 5.27. The number of nitrogens with two attached hydrogens (primary N) is 1. The molecule has 0 saturated carbocycles. The SMILES string of the molecule is Nc1nc(C(=O)NC2CCCOC2)cs1. The fourth-order valence-electron chi connectivity index (χ4n) is 1.51. The Morgan fingerprint density at radius 2 is 2.60 bits per heavy atom. The number of rotatable bonds is 2. The predicted molar refractivity (Wildman–Crippen MR) is 57.8 cm³/mol. The van der Waals surface area contributed by atoms with E-state index in [-0.39, 0.29) is 11.9 Å². The summed E-state index contributed by atoms with van der Waals surface area (Å²) >= 11 is 1.27. The summed E-state index contributed by atoms with van der Waals surface area (Å²) in [6.07, 6.45) is 1.95. The van der Waals surface area contributed by atoms with Crippen LogP contribution in [0, 0.1) is 0 Å². The van der Waals surface area contributed by atoms with Crippen molar-refractivity contribution < 1.29 is 9.53 Å². The van der Waals surface area contributed by atoms with Crippen molar-refractivity contribution in [3.63, 3.8) is 0 Å². The van der Waals surface area contributed by atoms with Crippen LogP contribution in [0.5, 0.6) is 0 Å². The van der Waals surface area contributed by atoms with E-state index < -0.39 is 0 Å². The van der Waals surface area contributed by atoms with Gasteiger partial charge in [0.25, 0.3) is 5.91 Å². The van der Waals surface area contributed by atoms with E-state index >= 15 is 0 Å². The fourth-order valence-corrected chi connectivity index (χ4v) is 2.05. The molecule has 15 heavy (non-hydrogen) atoms. The van der Waals surface area contributed by atoms with Crippen LogP contribution in [-0.2, 0) is 4.74 Å². The third-order valence-electron chi connectivity index (χ3n) is 2.25. The van der Waals surface area contributed by atoms with Gasteiger partial charge in [0.15, 0.2) is 5.13 Å². The summed E-state index contributed by atoms with van der Waals surface area (Å²) in [5.41, 5.74) is 5.84. The average Bonchev–Trinajstić information content (AvgIpc) is 2.66. The first-order valence-electron chi connectivity index (χ1n) is 4.85.